The fraction of sp³-hybridized carbons (Fsp3) is 0.167. The van der Waals surface area contributed by atoms with Crippen molar-refractivity contribution in [1.29, 1.82) is 0 Å². The zero-order chi connectivity index (χ0) is 17.4. The molecule has 0 saturated heterocycles. The lowest BCUT2D eigenvalue weighted by Crippen LogP contribution is -2.17. The van der Waals surface area contributed by atoms with Gasteiger partial charge < -0.3 is 9.30 Å². The first-order chi connectivity index (χ1) is 10.7. The van der Waals surface area contributed by atoms with E-state index in [1.54, 1.807) is 0 Å². The summed E-state index contributed by atoms with van der Waals surface area (Å²) in [5.41, 5.74) is -0.203. The maximum atomic E-state index is 12.4. The average molecular weight is 399 g/mol. The Morgan fingerprint density at radius 3 is 2.39 bits per heavy atom. The van der Waals surface area contributed by atoms with E-state index in [0.717, 1.165) is 7.11 Å². The molecule has 7 nitrogen and oxygen atoms in total. The van der Waals surface area contributed by atoms with Crippen LogP contribution in [0.5, 0.6) is 0 Å². The minimum atomic E-state index is -4.14. The minimum Gasteiger partial charge on any atom is -0.465 e. The second-order valence-corrected chi connectivity index (χ2v) is 7.13. The first-order valence-electron chi connectivity index (χ1n) is 5.94. The molecule has 0 unspecified atom stereocenters. The molecule has 0 spiro atoms. The number of sulfonamides is 1. The molecule has 23 heavy (non-hydrogen) atoms. The van der Waals surface area contributed by atoms with Crippen molar-refractivity contribution in [3.63, 3.8) is 0 Å². The molecule has 1 aromatic carbocycles. The van der Waals surface area contributed by atoms with Crippen molar-refractivity contribution in [1.82, 2.24) is 9.55 Å². The number of aryl methyl sites for hydroxylation is 1. The van der Waals surface area contributed by atoms with E-state index < -0.39 is 16.0 Å². The van der Waals surface area contributed by atoms with E-state index in [4.69, 9.17) is 34.8 Å². The highest BCUT2D eigenvalue weighted by molar-refractivity contribution is 7.92. The molecule has 2 rings (SSSR count). The van der Waals surface area contributed by atoms with E-state index in [1.165, 1.54) is 30.1 Å². The van der Waals surface area contributed by atoms with Crippen molar-refractivity contribution < 1.29 is 17.9 Å². The van der Waals surface area contributed by atoms with E-state index in [1.807, 2.05) is 0 Å². The normalized spacial score (nSPS) is 11.3. The third-order valence-electron chi connectivity index (χ3n) is 2.80. The van der Waals surface area contributed by atoms with E-state index in [2.05, 4.69) is 14.4 Å². The fourth-order valence-corrected chi connectivity index (χ4v) is 3.51. The van der Waals surface area contributed by atoms with Gasteiger partial charge in [-0.3, -0.25) is 4.72 Å². The zero-order valence-electron chi connectivity index (χ0n) is 11.8. The average Bonchev–Trinajstić information content (AvgIpc) is 2.82. The van der Waals surface area contributed by atoms with Crippen LogP contribution in [0.2, 0.25) is 15.2 Å². The molecule has 0 fully saturated rings. The molecule has 1 heterocycles. The Labute approximate surface area is 147 Å². The van der Waals surface area contributed by atoms with Crippen LogP contribution in [0.25, 0.3) is 0 Å². The SMILES string of the molecule is COC(=O)c1cc(Cl)c(Cl)cc1NS(=O)(=O)c1ncn(C)c1Cl. The number of rotatable bonds is 4. The molecule has 1 aromatic heterocycles. The van der Waals surface area contributed by atoms with Crippen LogP contribution < -0.4 is 4.72 Å². The van der Waals surface area contributed by atoms with Crippen LogP contribution in [0, 0.1) is 0 Å². The summed E-state index contributed by atoms with van der Waals surface area (Å²) in [6.45, 7) is 0. The number of halogens is 3. The number of hydrogen-bond acceptors (Lipinski definition) is 5. The van der Waals surface area contributed by atoms with Gasteiger partial charge in [-0.2, -0.15) is 8.42 Å². The number of esters is 1. The molecule has 0 aliphatic carbocycles. The van der Waals surface area contributed by atoms with E-state index in [0.29, 0.717) is 0 Å². The topological polar surface area (TPSA) is 90.3 Å². The molecule has 0 amide bonds. The number of nitrogens with one attached hydrogen (secondary N) is 1. The second kappa shape index (κ2) is 6.56. The van der Waals surface area contributed by atoms with Gasteiger partial charge >= 0.3 is 5.97 Å². The minimum absolute atomic E-state index is 0.0594. The molecule has 0 aliphatic heterocycles. The summed E-state index contributed by atoms with van der Waals surface area (Å²) >= 11 is 17.6. The summed E-state index contributed by atoms with van der Waals surface area (Å²) in [6, 6.07) is 2.40. The van der Waals surface area contributed by atoms with Crippen LogP contribution in [0.4, 0.5) is 5.69 Å². The number of anilines is 1. The lowest BCUT2D eigenvalue weighted by Gasteiger charge is -2.12. The van der Waals surface area contributed by atoms with E-state index >= 15 is 0 Å². The lowest BCUT2D eigenvalue weighted by molar-refractivity contribution is 0.0602. The summed E-state index contributed by atoms with van der Waals surface area (Å²) < 4.78 is 32.9. The number of methoxy groups -OCH3 is 1. The summed E-state index contributed by atoms with van der Waals surface area (Å²) in [5.74, 6) is -0.784. The Kier molecular flexibility index (Phi) is 5.10. The largest absolute Gasteiger partial charge is 0.465 e. The van der Waals surface area contributed by atoms with Crippen molar-refractivity contribution >= 4 is 56.5 Å². The van der Waals surface area contributed by atoms with Crippen molar-refractivity contribution in [2.75, 3.05) is 11.8 Å². The maximum absolute atomic E-state index is 12.4. The number of benzene rings is 1. The molecule has 0 saturated carbocycles. The highest BCUT2D eigenvalue weighted by atomic mass is 35.5. The number of nitrogens with zero attached hydrogens (tertiary/aromatic N) is 2. The maximum Gasteiger partial charge on any atom is 0.340 e. The molecule has 2 aromatic rings. The number of carbonyl (C=O) groups excluding carboxylic acids is 1. The molecular formula is C12H10Cl3N3O4S. The van der Waals surface area contributed by atoms with Crippen LogP contribution >= 0.6 is 34.8 Å². The van der Waals surface area contributed by atoms with Crippen molar-refractivity contribution in [3.8, 4) is 0 Å². The summed E-state index contributed by atoms with van der Waals surface area (Å²) in [4.78, 5) is 15.5. The van der Waals surface area contributed by atoms with Gasteiger partial charge in [0.05, 0.1) is 34.7 Å². The smallest absolute Gasteiger partial charge is 0.340 e. The molecule has 0 bridgehead atoms. The fourth-order valence-electron chi connectivity index (χ4n) is 1.68. The monoisotopic (exact) mass is 397 g/mol. The number of carbonyl (C=O) groups is 1. The first-order valence-corrected chi connectivity index (χ1v) is 8.56. The summed E-state index contributed by atoms with van der Waals surface area (Å²) in [7, 11) is -1.45. The van der Waals surface area contributed by atoms with Gasteiger partial charge in [0.2, 0.25) is 5.03 Å². The predicted molar refractivity (Wildman–Crippen MR) is 86.8 cm³/mol. The molecule has 124 valence electrons. The van der Waals surface area contributed by atoms with Crippen LogP contribution in [-0.4, -0.2) is 31.0 Å². The van der Waals surface area contributed by atoms with Crippen molar-refractivity contribution in [2.24, 2.45) is 7.05 Å². The quantitative estimate of drug-likeness (QED) is 0.800. The third-order valence-corrected chi connectivity index (χ3v) is 5.38. The molecule has 0 atom stereocenters. The standard InChI is InChI=1S/C12H10Cl3N3O4S/c1-18-5-16-11(10(18)15)23(20,21)17-9-4-8(14)7(13)3-6(9)12(19)22-2/h3-5,17H,1-2H3. The number of imidazole rings is 1. The Morgan fingerprint density at radius 2 is 1.87 bits per heavy atom. The van der Waals surface area contributed by atoms with Gasteiger partial charge in [-0.05, 0) is 12.1 Å². The van der Waals surface area contributed by atoms with Gasteiger partial charge in [-0.25, -0.2) is 9.78 Å². The highest BCUT2D eigenvalue weighted by Crippen LogP contribution is 2.31. The van der Waals surface area contributed by atoms with Gasteiger partial charge in [0.25, 0.3) is 10.0 Å². The molecule has 0 radical (unpaired) electrons. The Morgan fingerprint density at radius 1 is 1.26 bits per heavy atom. The number of aromatic nitrogens is 2. The van der Waals surface area contributed by atoms with Crippen LogP contribution in [0.3, 0.4) is 0 Å². The van der Waals surface area contributed by atoms with Crippen molar-refractivity contribution in [3.05, 3.63) is 39.2 Å². The van der Waals surface area contributed by atoms with E-state index in [-0.39, 0.29) is 31.5 Å². The van der Waals surface area contributed by atoms with Crippen LogP contribution in [-0.2, 0) is 21.8 Å². The number of hydrogen-bond donors (Lipinski definition) is 1. The Bertz CT molecular complexity index is 880. The van der Waals surface area contributed by atoms with Crippen LogP contribution in [0.15, 0.2) is 23.5 Å². The van der Waals surface area contributed by atoms with Gasteiger partial charge in [-0.1, -0.05) is 34.8 Å². The predicted octanol–water partition coefficient (Wildman–Crippen LogP) is 2.97. The van der Waals surface area contributed by atoms with Gasteiger partial charge in [0, 0.05) is 7.05 Å². The lowest BCUT2D eigenvalue weighted by atomic mass is 10.2. The molecule has 11 heteroatoms. The first kappa shape index (κ1) is 17.9. The summed E-state index contributed by atoms with van der Waals surface area (Å²) in [6.07, 6.45) is 1.24. The van der Waals surface area contributed by atoms with Gasteiger partial charge in [0.15, 0.2) is 0 Å². The Hall–Kier alpha value is -1.48. The summed E-state index contributed by atoms with van der Waals surface area (Å²) in [5, 5.41) is -0.337. The molecule has 0 aliphatic rings. The molecule has 1 N–H and O–H groups in total. The number of ether oxygens (including phenoxy) is 1. The van der Waals surface area contributed by atoms with E-state index in [9.17, 15) is 13.2 Å². The third kappa shape index (κ3) is 3.55. The van der Waals surface area contributed by atoms with Gasteiger partial charge in [-0.15, -0.1) is 0 Å². The highest BCUT2D eigenvalue weighted by Gasteiger charge is 2.25. The van der Waals surface area contributed by atoms with Crippen LogP contribution in [0.1, 0.15) is 10.4 Å². The van der Waals surface area contributed by atoms with Crippen molar-refractivity contribution in [2.45, 2.75) is 5.03 Å². The molecular weight excluding hydrogens is 389 g/mol. The van der Waals surface area contributed by atoms with Gasteiger partial charge in [0.1, 0.15) is 5.15 Å². The second-order valence-electron chi connectivity index (χ2n) is 4.36. The Balaban J connectivity index is 2.53. The zero-order valence-corrected chi connectivity index (χ0v) is 14.9.